The van der Waals surface area contributed by atoms with Crippen LogP contribution in [-0.2, 0) is 9.53 Å². The van der Waals surface area contributed by atoms with Gasteiger partial charge in [-0.15, -0.1) is 0 Å². The molecule has 3 fully saturated rings. The Labute approximate surface area is 186 Å². The van der Waals surface area contributed by atoms with E-state index in [0.29, 0.717) is 19.3 Å². The number of likely N-dealkylation sites (tertiary alicyclic amines) is 1. The zero-order valence-corrected chi connectivity index (χ0v) is 19.7. The molecule has 3 aliphatic rings. The van der Waals surface area contributed by atoms with Crippen molar-refractivity contribution in [3.8, 4) is 0 Å². The fourth-order valence-electron chi connectivity index (χ4n) is 6.64. The molecule has 31 heavy (non-hydrogen) atoms. The Bertz CT molecular complexity index is 650. The van der Waals surface area contributed by atoms with Crippen molar-refractivity contribution in [1.82, 2.24) is 10.2 Å². The summed E-state index contributed by atoms with van der Waals surface area (Å²) >= 11 is 0. The summed E-state index contributed by atoms with van der Waals surface area (Å²) in [4.78, 5) is 27.3. The fraction of sp³-hybridized carbons (Fsp3) is 0.917. The number of fused-ring (bicyclic) bond motifs is 1. The Balaban J connectivity index is 1.79. The van der Waals surface area contributed by atoms with Crippen molar-refractivity contribution in [2.75, 3.05) is 19.7 Å². The molecule has 2 aliphatic carbocycles. The van der Waals surface area contributed by atoms with Gasteiger partial charge in [-0.25, -0.2) is 4.79 Å². The van der Waals surface area contributed by atoms with Gasteiger partial charge in [0.15, 0.2) is 0 Å². The first kappa shape index (κ1) is 24.3. The van der Waals surface area contributed by atoms with Gasteiger partial charge in [0.25, 0.3) is 0 Å². The highest BCUT2D eigenvalue weighted by atomic mass is 16.6. The van der Waals surface area contributed by atoms with E-state index in [9.17, 15) is 19.8 Å². The molecule has 0 aromatic rings. The maximum absolute atomic E-state index is 13.1. The lowest BCUT2D eigenvalue weighted by Crippen LogP contribution is -2.61. The van der Waals surface area contributed by atoms with Crippen molar-refractivity contribution in [3.05, 3.63) is 0 Å². The molecule has 1 aliphatic heterocycles. The third-order valence-electron chi connectivity index (χ3n) is 8.44. The molecule has 1 heterocycles. The van der Waals surface area contributed by atoms with Crippen molar-refractivity contribution in [1.29, 1.82) is 0 Å². The highest BCUT2D eigenvalue weighted by molar-refractivity contribution is 5.76. The highest BCUT2D eigenvalue weighted by Gasteiger charge is 2.60. The summed E-state index contributed by atoms with van der Waals surface area (Å²) in [6, 6.07) is -0.0169. The Morgan fingerprint density at radius 2 is 1.81 bits per heavy atom. The largest absolute Gasteiger partial charge is 0.446 e. The summed E-state index contributed by atoms with van der Waals surface area (Å²) in [6.07, 6.45) is 5.05. The number of carbonyl (C=O) groups is 2. The lowest BCUT2D eigenvalue weighted by atomic mass is 9.46. The van der Waals surface area contributed by atoms with E-state index in [-0.39, 0.29) is 41.9 Å². The second-order valence-electron chi connectivity index (χ2n) is 10.9. The second-order valence-corrected chi connectivity index (χ2v) is 10.9. The Kier molecular flexibility index (Phi) is 7.57. The number of nitrogens with zero attached hydrogens (tertiary/aromatic N) is 1. The monoisotopic (exact) mass is 438 g/mol. The van der Waals surface area contributed by atoms with Gasteiger partial charge in [0, 0.05) is 31.0 Å². The normalized spacial score (nSPS) is 38.5. The molecule has 7 nitrogen and oxygen atoms in total. The minimum absolute atomic E-state index is 0.0169. The van der Waals surface area contributed by atoms with Crippen molar-refractivity contribution in [2.45, 2.75) is 97.3 Å². The summed E-state index contributed by atoms with van der Waals surface area (Å²) < 4.78 is 5.79. The number of aliphatic hydroxyl groups is 2. The van der Waals surface area contributed by atoms with E-state index >= 15 is 0 Å². The summed E-state index contributed by atoms with van der Waals surface area (Å²) in [5.41, 5.74) is -0.886. The zero-order valence-electron chi connectivity index (χ0n) is 19.7. The maximum Gasteiger partial charge on any atom is 0.407 e. The van der Waals surface area contributed by atoms with E-state index in [1.165, 1.54) is 6.42 Å². The van der Waals surface area contributed by atoms with E-state index in [4.69, 9.17) is 4.74 Å². The molecule has 0 radical (unpaired) electrons. The molecule has 0 bridgehead atoms. The molecule has 2 saturated carbocycles. The smallest absolute Gasteiger partial charge is 0.407 e. The first-order valence-corrected chi connectivity index (χ1v) is 12.2. The summed E-state index contributed by atoms with van der Waals surface area (Å²) in [5, 5.41) is 24.2. The van der Waals surface area contributed by atoms with Crippen LogP contribution in [0.15, 0.2) is 0 Å². The average Bonchev–Trinajstić information content (AvgIpc) is 2.73. The summed E-state index contributed by atoms with van der Waals surface area (Å²) in [6.45, 7) is 9.49. The van der Waals surface area contributed by atoms with Crippen molar-refractivity contribution in [2.24, 2.45) is 22.7 Å². The number of hydrogen-bond acceptors (Lipinski definition) is 5. The number of nitrogens with one attached hydrogen (secondary N) is 1. The summed E-state index contributed by atoms with van der Waals surface area (Å²) in [5.74, 6) is 0.0705. The predicted molar refractivity (Wildman–Crippen MR) is 118 cm³/mol. The molecular formula is C24H42N2O5. The molecule has 3 N–H and O–H groups in total. The van der Waals surface area contributed by atoms with Crippen molar-refractivity contribution in [3.63, 3.8) is 0 Å². The molecule has 3 rings (SSSR count). The SMILES string of the molecule is CC(C)NC(=O)O[C@@H]1CC[C@]2(C)[C@H](CC[C@@H](O)[C@H]2CC(=O)N2CCCCC2)[C@]1(C)CO. The number of ether oxygens (including phenoxy) is 1. The van der Waals surface area contributed by atoms with E-state index in [1.54, 1.807) is 0 Å². The molecule has 0 spiro atoms. The Morgan fingerprint density at radius 3 is 2.42 bits per heavy atom. The highest BCUT2D eigenvalue weighted by Crippen LogP contribution is 2.61. The molecule has 7 heteroatoms. The number of rotatable bonds is 5. The van der Waals surface area contributed by atoms with Crippen LogP contribution in [0.5, 0.6) is 0 Å². The second kappa shape index (κ2) is 9.65. The van der Waals surface area contributed by atoms with Crippen LogP contribution < -0.4 is 5.32 Å². The number of alkyl carbamates (subject to hydrolysis) is 1. The van der Waals surface area contributed by atoms with Gasteiger partial charge in [0.1, 0.15) is 6.10 Å². The van der Waals surface area contributed by atoms with Crippen LogP contribution in [0.3, 0.4) is 0 Å². The fourth-order valence-corrected chi connectivity index (χ4v) is 6.64. The third kappa shape index (κ3) is 4.87. The van der Waals surface area contributed by atoms with Crippen LogP contribution in [0, 0.1) is 22.7 Å². The molecule has 178 valence electrons. The topological polar surface area (TPSA) is 99.1 Å². The van der Waals surface area contributed by atoms with Crippen molar-refractivity contribution >= 4 is 12.0 Å². The molecule has 0 aromatic carbocycles. The lowest BCUT2D eigenvalue weighted by Gasteiger charge is -2.60. The quantitative estimate of drug-likeness (QED) is 0.613. The maximum atomic E-state index is 13.1. The van der Waals surface area contributed by atoms with Gasteiger partial charge in [0.05, 0.1) is 12.7 Å². The van der Waals surface area contributed by atoms with Gasteiger partial charge >= 0.3 is 6.09 Å². The molecule has 0 aromatic heterocycles. The van der Waals surface area contributed by atoms with Gasteiger partial charge in [-0.1, -0.05) is 13.8 Å². The van der Waals surface area contributed by atoms with Crippen LogP contribution in [0.4, 0.5) is 4.79 Å². The van der Waals surface area contributed by atoms with E-state index in [0.717, 1.165) is 38.8 Å². The molecule has 0 unspecified atom stereocenters. The number of aliphatic hydroxyl groups excluding tert-OH is 2. The van der Waals surface area contributed by atoms with E-state index < -0.39 is 17.6 Å². The molecular weight excluding hydrogens is 396 g/mol. The first-order valence-electron chi connectivity index (χ1n) is 12.2. The lowest BCUT2D eigenvalue weighted by molar-refractivity contribution is -0.187. The van der Waals surface area contributed by atoms with Gasteiger partial charge in [-0.05, 0) is 76.0 Å². The minimum atomic E-state index is -0.603. The standard InChI is InChI=1S/C24H42N2O5/c1-16(2)25-22(30)31-20-10-11-23(3)17(14-21(29)26-12-6-5-7-13-26)18(28)8-9-19(23)24(20,4)15-27/h16-20,27-28H,5-15H2,1-4H3,(H,25,30)/t17-,18-,19+,20-,23+,24+/m1/s1. The van der Waals surface area contributed by atoms with Crippen molar-refractivity contribution < 1.29 is 24.5 Å². The number of carbonyl (C=O) groups excluding carboxylic acids is 2. The minimum Gasteiger partial charge on any atom is -0.446 e. The van der Waals surface area contributed by atoms with Crippen LogP contribution in [0.25, 0.3) is 0 Å². The van der Waals surface area contributed by atoms with Gasteiger partial charge in [0.2, 0.25) is 5.91 Å². The predicted octanol–water partition coefficient (Wildman–Crippen LogP) is 3.08. The number of amides is 2. The van der Waals surface area contributed by atoms with Gasteiger partial charge in [-0.3, -0.25) is 4.79 Å². The summed E-state index contributed by atoms with van der Waals surface area (Å²) in [7, 11) is 0. The first-order chi connectivity index (χ1) is 14.6. The molecule has 6 atom stereocenters. The third-order valence-corrected chi connectivity index (χ3v) is 8.44. The average molecular weight is 439 g/mol. The van der Waals surface area contributed by atoms with Crippen LogP contribution in [-0.4, -0.2) is 65.1 Å². The van der Waals surface area contributed by atoms with Crippen LogP contribution in [0.1, 0.15) is 79.1 Å². The van der Waals surface area contributed by atoms with Crippen LogP contribution in [0.2, 0.25) is 0 Å². The van der Waals surface area contributed by atoms with E-state index in [2.05, 4.69) is 12.2 Å². The molecule has 2 amide bonds. The van der Waals surface area contributed by atoms with Gasteiger partial charge < -0.3 is 25.2 Å². The van der Waals surface area contributed by atoms with Gasteiger partial charge in [-0.2, -0.15) is 0 Å². The Hall–Kier alpha value is -1.34. The zero-order chi connectivity index (χ0) is 22.8. The number of hydrogen-bond donors (Lipinski definition) is 3. The molecule has 1 saturated heterocycles. The number of piperidine rings is 1. The van der Waals surface area contributed by atoms with Crippen LogP contribution >= 0.6 is 0 Å². The van der Waals surface area contributed by atoms with E-state index in [1.807, 2.05) is 25.7 Å². The Morgan fingerprint density at radius 1 is 1.13 bits per heavy atom.